The van der Waals surface area contributed by atoms with E-state index in [0.717, 1.165) is 5.56 Å². The molecule has 0 radical (unpaired) electrons. The number of aliphatic carboxylic acids is 1. The number of carboxylic acids is 1. The van der Waals surface area contributed by atoms with E-state index in [0.29, 0.717) is 48.8 Å². The fourth-order valence-corrected chi connectivity index (χ4v) is 3.91. The third-order valence-electron chi connectivity index (χ3n) is 5.32. The molecule has 1 unspecified atom stereocenters. The van der Waals surface area contributed by atoms with Crippen LogP contribution in [0.2, 0.25) is 5.02 Å². The van der Waals surface area contributed by atoms with Gasteiger partial charge in [-0.2, -0.15) is 0 Å². The standard InChI is InChI=1S/C22H25ClN2O4/c1-29-18-7-4-6-16(13-18)20(22(27)28)25-11-9-15(10-12-25)21(26)24-14-17-5-2-3-8-19(17)23/h2-8,13,15,20H,9-12,14H2,1H3,(H,24,26)(H,27,28). The fraction of sp³-hybridized carbons (Fsp3) is 0.364. The van der Waals surface area contributed by atoms with Gasteiger partial charge in [0.15, 0.2) is 0 Å². The van der Waals surface area contributed by atoms with Crippen LogP contribution < -0.4 is 10.1 Å². The molecule has 0 bridgehead atoms. The number of hydrogen-bond donors (Lipinski definition) is 2. The van der Waals surface area contributed by atoms with Crippen molar-refractivity contribution >= 4 is 23.5 Å². The van der Waals surface area contributed by atoms with Gasteiger partial charge in [0.25, 0.3) is 0 Å². The largest absolute Gasteiger partial charge is 0.497 e. The molecule has 2 aromatic rings. The van der Waals surface area contributed by atoms with E-state index >= 15 is 0 Å². The van der Waals surface area contributed by atoms with Crippen LogP contribution in [0.4, 0.5) is 0 Å². The average molecular weight is 417 g/mol. The normalized spacial score (nSPS) is 16.2. The first kappa shape index (κ1) is 21.1. The van der Waals surface area contributed by atoms with Gasteiger partial charge in [0.1, 0.15) is 11.8 Å². The number of carbonyl (C=O) groups is 2. The second-order valence-corrected chi connectivity index (χ2v) is 7.54. The van der Waals surface area contributed by atoms with Gasteiger partial charge < -0.3 is 15.2 Å². The van der Waals surface area contributed by atoms with Crippen LogP contribution in [-0.2, 0) is 16.1 Å². The Morgan fingerprint density at radius 3 is 2.59 bits per heavy atom. The number of carboxylic acid groups (broad SMARTS) is 1. The first-order chi connectivity index (χ1) is 14.0. The summed E-state index contributed by atoms with van der Waals surface area (Å²) in [5.41, 5.74) is 1.56. The molecular weight excluding hydrogens is 392 g/mol. The minimum Gasteiger partial charge on any atom is -0.497 e. The van der Waals surface area contributed by atoms with Crippen LogP contribution in [0.15, 0.2) is 48.5 Å². The first-order valence-electron chi connectivity index (χ1n) is 9.61. The topological polar surface area (TPSA) is 78.9 Å². The Balaban J connectivity index is 1.58. The molecule has 0 aliphatic carbocycles. The molecule has 1 aliphatic heterocycles. The van der Waals surface area contributed by atoms with E-state index in [1.54, 1.807) is 37.4 Å². The molecule has 0 spiro atoms. The van der Waals surface area contributed by atoms with Crippen LogP contribution in [0, 0.1) is 5.92 Å². The Kier molecular flexibility index (Phi) is 7.12. The Labute approximate surface area is 175 Å². The first-order valence-corrected chi connectivity index (χ1v) is 9.99. The lowest BCUT2D eigenvalue weighted by molar-refractivity contribution is -0.144. The van der Waals surface area contributed by atoms with Crippen LogP contribution in [0.5, 0.6) is 5.75 Å². The minimum atomic E-state index is -0.903. The SMILES string of the molecule is COc1cccc(C(C(=O)O)N2CCC(C(=O)NCc3ccccc3Cl)CC2)c1. The van der Waals surface area contributed by atoms with Crippen molar-refractivity contribution in [2.24, 2.45) is 5.92 Å². The highest BCUT2D eigenvalue weighted by molar-refractivity contribution is 6.31. The van der Waals surface area contributed by atoms with Gasteiger partial charge in [-0.05, 0) is 42.2 Å². The number of ether oxygens (including phenoxy) is 1. The van der Waals surface area contributed by atoms with Gasteiger partial charge in [-0.1, -0.05) is 41.9 Å². The summed E-state index contributed by atoms with van der Waals surface area (Å²) in [7, 11) is 1.56. The predicted molar refractivity (Wildman–Crippen MR) is 111 cm³/mol. The smallest absolute Gasteiger partial charge is 0.325 e. The third-order valence-corrected chi connectivity index (χ3v) is 5.69. The number of nitrogens with one attached hydrogen (secondary N) is 1. The Bertz CT molecular complexity index is 865. The molecule has 1 atom stereocenters. The maximum Gasteiger partial charge on any atom is 0.325 e. The van der Waals surface area contributed by atoms with E-state index in [9.17, 15) is 14.7 Å². The second-order valence-electron chi connectivity index (χ2n) is 7.14. The molecule has 1 fully saturated rings. The summed E-state index contributed by atoms with van der Waals surface area (Å²) >= 11 is 6.13. The molecule has 154 valence electrons. The van der Waals surface area contributed by atoms with Crippen LogP contribution in [0.25, 0.3) is 0 Å². The monoisotopic (exact) mass is 416 g/mol. The number of likely N-dealkylation sites (tertiary alicyclic amines) is 1. The average Bonchev–Trinajstić information content (AvgIpc) is 2.73. The molecule has 29 heavy (non-hydrogen) atoms. The molecule has 2 aromatic carbocycles. The zero-order chi connectivity index (χ0) is 20.8. The fourth-order valence-electron chi connectivity index (χ4n) is 3.71. The van der Waals surface area contributed by atoms with E-state index in [1.165, 1.54) is 0 Å². The van der Waals surface area contributed by atoms with E-state index < -0.39 is 12.0 Å². The van der Waals surface area contributed by atoms with E-state index in [4.69, 9.17) is 16.3 Å². The highest BCUT2D eigenvalue weighted by Gasteiger charge is 2.33. The van der Waals surface area contributed by atoms with Gasteiger partial charge in [0.2, 0.25) is 5.91 Å². The van der Waals surface area contributed by atoms with Gasteiger partial charge in [-0.15, -0.1) is 0 Å². The third kappa shape index (κ3) is 5.28. The molecular formula is C22H25ClN2O4. The molecule has 7 heteroatoms. The summed E-state index contributed by atoms with van der Waals surface area (Å²) < 4.78 is 5.22. The van der Waals surface area contributed by atoms with Crippen molar-refractivity contribution in [1.29, 1.82) is 0 Å². The number of rotatable bonds is 7. The van der Waals surface area contributed by atoms with Gasteiger partial charge >= 0.3 is 5.97 Å². The Morgan fingerprint density at radius 2 is 1.93 bits per heavy atom. The van der Waals surface area contributed by atoms with E-state index in [2.05, 4.69) is 5.32 Å². The molecule has 3 rings (SSSR count). The van der Waals surface area contributed by atoms with Crippen molar-refractivity contribution in [3.05, 3.63) is 64.7 Å². The summed E-state index contributed by atoms with van der Waals surface area (Å²) in [4.78, 5) is 26.4. The van der Waals surface area contributed by atoms with Gasteiger partial charge in [0.05, 0.1) is 7.11 Å². The summed E-state index contributed by atoms with van der Waals surface area (Å²) in [5, 5.41) is 13.4. The number of methoxy groups -OCH3 is 1. The summed E-state index contributed by atoms with van der Waals surface area (Å²) in [5.74, 6) is -0.422. The predicted octanol–water partition coefficient (Wildman–Crippen LogP) is 3.50. The summed E-state index contributed by atoms with van der Waals surface area (Å²) in [6, 6.07) is 13.8. The highest BCUT2D eigenvalue weighted by Crippen LogP contribution is 2.29. The molecule has 1 heterocycles. The number of halogens is 1. The van der Waals surface area contributed by atoms with Crippen LogP contribution in [-0.4, -0.2) is 42.1 Å². The maximum atomic E-state index is 12.5. The van der Waals surface area contributed by atoms with Crippen molar-refractivity contribution in [1.82, 2.24) is 10.2 Å². The molecule has 2 N–H and O–H groups in total. The van der Waals surface area contributed by atoms with Crippen molar-refractivity contribution in [3.63, 3.8) is 0 Å². The van der Waals surface area contributed by atoms with Crippen molar-refractivity contribution in [2.75, 3.05) is 20.2 Å². The molecule has 6 nitrogen and oxygen atoms in total. The van der Waals surface area contributed by atoms with E-state index in [-0.39, 0.29) is 11.8 Å². The molecule has 0 aromatic heterocycles. The Hall–Kier alpha value is -2.57. The lowest BCUT2D eigenvalue weighted by atomic mass is 9.93. The maximum absolute atomic E-state index is 12.5. The van der Waals surface area contributed by atoms with Crippen molar-refractivity contribution < 1.29 is 19.4 Å². The van der Waals surface area contributed by atoms with Crippen LogP contribution in [0.3, 0.4) is 0 Å². The van der Waals surface area contributed by atoms with Crippen molar-refractivity contribution in [2.45, 2.75) is 25.4 Å². The number of hydrogen-bond acceptors (Lipinski definition) is 4. The minimum absolute atomic E-state index is 0.0159. The highest BCUT2D eigenvalue weighted by atomic mass is 35.5. The van der Waals surface area contributed by atoms with Gasteiger partial charge in [-0.25, -0.2) is 0 Å². The molecule has 1 aliphatic rings. The number of nitrogens with zero attached hydrogens (tertiary/aromatic N) is 1. The quantitative estimate of drug-likeness (QED) is 0.722. The lowest BCUT2D eigenvalue weighted by Crippen LogP contribution is -2.43. The van der Waals surface area contributed by atoms with Crippen molar-refractivity contribution in [3.8, 4) is 5.75 Å². The molecule has 1 saturated heterocycles. The zero-order valence-electron chi connectivity index (χ0n) is 16.3. The Morgan fingerprint density at radius 1 is 1.21 bits per heavy atom. The summed E-state index contributed by atoms with van der Waals surface area (Å²) in [6.45, 7) is 1.47. The number of benzene rings is 2. The van der Waals surface area contributed by atoms with Gasteiger partial charge in [-0.3, -0.25) is 14.5 Å². The summed E-state index contributed by atoms with van der Waals surface area (Å²) in [6.07, 6.45) is 1.23. The molecule has 0 saturated carbocycles. The van der Waals surface area contributed by atoms with Gasteiger partial charge in [0, 0.05) is 30.6 Å². The number of carbonyl (C=O) groups excluding carboxylic acids is 1. The number of amides is 1. The number of piperidine rings is 1. The lowest BCUT2D eigenvalue weighted by Gasteiger charge is -2.35. The molecule has 1 amide bonds. The second kappa shape index (κ2) is 9.76. The van der Waals surface area contributed by atoms with Crippen LogP contribution >= 0.6 is 11.6 Å². The van der Waals surface area contributed by atoms with E-state index in [1.807, 2.05) is 23.1 Å². The zero-order valence-corrected chi connectivity index (χ0v) is 17.1. The van der Waals surface area contributed by atoms with Crippen LogP contribution in [0.1, 0.15) is 30.0 Å².